The molecule has 0 saturated carbocycles. The molecule has 1 atom stereocenters. The van der Waals surface area contributed by atoms with Gasteiger partial charge in [0.15, 0.2) is 9.84 Å². The molecule has 0 radical (unpaired) electrons. The van der Waals surface area contributed by atoms with Gasteiger partial charge >= 0.3 is 0 Å². The topological polar surface area (TPSA) is 117 Å². The lowest BCUT2D eigenvalue weighted by atomic mass is 10.2. The van der Waals surface area contributed by atoms with Crippen LogP contribution in [-0.4, -0.2) is 79.1 Å². The first kappa shape index (κ1) is 24.2. The number of amides is 2. The Balaban J connectivity index is 1.30. The van der Waals surface area contributed by atoms with Crippen LogP contribution in [0.2, 0.25) is 0 Å². The van der Waals surface area contributed by atoms with Gasteiger partial charge in [-0.1, -0.05) is 0 Å². The van der Waals surface area contributed by atoms with Gasteiger partial charge in [0.2, 0.25) is 11.8 Å². The van der Waals surface area contributed by atoms with Gasteiger partial charge in [0.1, 0.15) is 0 Å². The molecule has 2 saturated heterocycles. The number of piperazine rings is 1. The van der Waals surface area contributed by atoms with E-state index in [1.54, 1.807) is 24.3 Å². The lowest BCUT2D eigenvalue weighted by Gasteiger charge is -2.36. The molecule has 0 aliphatic carbocycles. The summed E-state index contributed by atoms with van der Waals surface area (Å²) in [4.78, 5) is 28.0. The number of hydrogen-bond acceptors (Lipinski definition) is 7. The molecule has 0 spiro atoms. The van der Waals surface area contributed by atoms with Crippen LogP contribution in [0.3, 0.4) is 0 Å². The fourth-order valence-electron chi connectivity index (χ4n) is 4.81. The highest BCUT2D eigenvalue weighted by Gasteiger charge is 2.32. The van der Waals surface area contributed by atoms with Crippen LogP contribution < -0.4 is 15.5 Å². The average molecular weight is 489 g/mol. The Labute approximate surface area is 200 Å². The maximum absolute atomic E-state index is 12.5. The van der Waals surface area contributed by atoms with Gasteiger partial charge in [-0.05, 0) is 44.5 Å². The van der Waals surface area contributed by atoms with Crippen LogP contribution in [0.15, 0.2) is 24.3 Å². The third-order valence-electron chi connectivity index (χ3n) is 6.39. The Morgan fingerprint density at radius 2 is 1.65 bits per heavy atom. The van der Waals surface area contributed by atoms with Crippen molar-refractivity contribution in [1.29, 1.82) is 0 Å². The Hall–Kier alpha value is -2.92. The lowest BCUT2D eigenvalue weighted by molar-refractivity contribution is -0.117. The SMILES string of the molecule is CC(=O)Nc1ccc(NC(=O)CN2CCN(c3c(C)nn(C4CCS(=O)(=O)C4)c3C)CC2)cc1. The highest BCUT2D eigenvalue weighted by molar-refractivity contribution is 7.91. The van der Waals surface area contributed by atoms with Gasteiger partial charge < -0.3 is 15.5 Å². The minimum Gasteiger partial charge on any atom is -0.366 e. The van der Waals surface area contributed by atoms with Crippen molar-refractivity contribution in [3.05, 3.63) is 35.7 Å². The summed E-state index contributed by atoms with van der Waals surface area (Å²) in [6, 6.07) is 6.94. The maximum Gasteiger partial charge on any atom is 0.238 e. The van der Waals surface area contributed by atoms with Gasteiger partial charge in [-0.2, -0.15) is 5.10 Å². The van der Waals surface area contributed by atoms with Gasteiger partial charge in [-0.3, -0.25) is 19.2 Å². The number of sulfone groups is 1. The van der Waals surface area contributed by atoms with E-state index >= 15 is 0 Å². The van der Waals surface area contributed by atoms with Gasteiger partial charge in [0, 0.05) is 44.5 Å². The van der Waals surface area contributed by atoms with Crippen LogP contribution in [0.25, 0.3) is 0 Å². The van der Waals surface area contributed by atoms with E-state index in [-0.39, 0.29) is 29.4 Å². The smallest absolute Gasteiger partial charge is 0.238 e. The van der Waals surface area contributed by atoms with Crippen molar-refractivity contribution >= 4 is 38.7 Å². The predicted molar refractivity (Wildman–Crippen MR) is 132 cm³/mol. The number of carbonyl (C=O) groups excluding carboxylic acids is 2. The molecule has 2 amide bonds. The summed E-state index contributed by atoms with van der Waals surface area (Å²) in [5, 5.41) is 10.3. The molecule has 2 aromatic rings. The number of aromatic nitrogens is 2. The van der Waals surface area contributed by atoms with Crippen LogP contribution in [-0.2, 0) is 19.4 Å². The van der Waals surface area contributed by atoms with Crippen molar-refractivity contribution in [2.24, 2.45) is 0 Å². The number of benzene rings is 1. The van der Waals surface area contributed by atoms with Gasteiger partial charge in [0.05, 0.1) is 41.2 Å². The van der Waals surface area contributed by atoms with Crippen molar-refractivity contribution < 1.29 is 18.0 Å². The van der Waals surface area contributed by atoms with E-state index in [0.29, 0.717) is 24.3 Å². The van der Waals surface area contributed by atoms with Crippen LogP contribution in [0, 0.1) is 13.8 Å². The van der Waals surface area contributed by atoms with E-state index < -0.39 is 9.84 Å². The Bertz CT molecular complexity index is 1170. The number of carbonyl (C=O) groups is 2. The molecule has 1 aromatic carbocycles. The lowest BCUT2D eigenvalue weighted by Crippen LogP contribution is -2.49. The van der Waals surface area contributed by atoms with E-state index in [1.165, 1.54) is 6.92 Å². The highest BCUT2D eigenvalue weighted by Crippen LogP contribution is 2.31. The van der Waals surface area contributed by atoms with E-state index in [9.17, 15) is 18.0 Å². The molecule has 3 heterocycles. The zero-order valence-corrected chi connectivity index (χ0v) is 20.7. The second kappa shape index (κ2) is 9.75. The monoisotopic (exact) mass is 488 g/mol. The molecule has 34 heavy (non-hydrogen) atoms. The van der Waals surface area contributed by atoms with Crippen molar-refractivity contribution in [3.8, 4) is 0 Å². The van der Waals surface area contributed by atoms with Gasteiger partial charge in [-0.15, -0.1) is 0 Å². The largest absolute Gasteiger partial charge is 0.366 e. The summed E-state index contributed by atoms with van der Waals surface area (Å²) < 4.78 is 25.7. The van der Waals surface area contributed by atoms with E-state index in [4.69, 9.17) is 0 Å². The molecular weight excluding hydrogens is 456 g/mol. The van der Waals surface area contributed by atoms with Crippen LogP contribution in [0.4, 0.5) is 17.1 Å². The molecule has 10 nitrogen and oxygen atoms in total. The number of nitrogens with zero attached hydrogens (tertiary/aromatic N) is 4. The molecular formula is C23H32N6O4S. The molecule has 2 N–H and O–H groups in total. The predicted octanol–water partition coefficient (Wildman–Crippen LogP) is 1.58. The summed E-state index contributed by atoms with van der Waals surface area (Å²) in [6.07, 6.45) is 0.614. The molecule has 2 aliphatic heterocycles. The van der Waals surface area contributed by atoms with Gasteiger partial charge in [-0.25, -0.2) is 8.42 Å². The molecule has 2 fully saturated rings. The van der Waals surface area contributed by atoms with Crippen LogP contribution in [0.1, 0.15) is 30.8 Å². The molecule has 1 unspecified atom stereocenters. The molecule has 11 heteroatoms. The first-order valence-corrected chi connectivity index (χ1v) is 13.3. The maximum atomic E-state index is 12.5. The van der Waals surface area contributed by atoms with Gasteiger partial charge in [0.25, 0.3) is 0 Å². The summed E-state index contributed by atoms with van der Waals surface area (Å²) in [7, 11) is -2.97. The number of aryl methyl sites for hydroxylation is 1. The Morgan fingerprint density at radius 1 is 1.03 bits per heavy atom. The number of anilines is 3. The molecule has 184 valence electrons. The summed E-state index contributed by atoms with van der Waals surface area (Å²) >= 11 is 0. The zero-order valence-electron chi connectivity index (χ0n) is 19.9. The van der Waals surface area contributed by atoms with E-state index in [2.05, 4.69) is 25.5 Å². The third kappa shape index (κ3) is 5.58. The normalized spacial score (nSPS) is 20.3. The minimum absolute atomic E-state index is 0.0802. The number of nitrogens with one attached hydrogen (secondary N) is 2. The Morgan fingerprint density at radius 3 is 2.21 bits per heavy atom. The number of rotatable bonds is 6. The molecule has 0 bridgehead atoms. The first-order chi connectivity index (χ1) is 16.1. The second-order valence-corrected chi connectivity index (χ2v) is 11.3. The van der Waals surface area contributed by atoms with Crippen molar-refractivity contribution in [1.82, 2.24) is 14.7 Å². The van der Waals surface area contributed by atoms with Crippen molar-refractivity contribution in [2.75, 3.05) is 59.8 Å². The fourth-order valence-corrected chi connectivity index (χ4v) is 6.50. The van der Waals surface area contributed by atoms with Crippen LogP contribution in [0.5, 0.6) is 0 Å². The van der Waals surface area contributed by atoms with Crippen molar-refractivity contribution in [2.45, 2.75) is 33.2 Å². The highest BCUT2D eigenvalue weighted by atomic mass is 32.2. The quantitative estimate of drug-likeness (QED) is 0.634. The first-order valence-electron chi connectivity index (χ1n) is 11.5. The standard InChI is InChI=1S/C23H32N6O4S/c1-16-23(17(2)29(26-16)21-8-13-34(32,33)15-21)28-11-9-27(10-12-28)14-22(31)25-20-6-4-19(5-7-20)24-18(3)30/h4-7,21H,8-15H2,1-3H3,(H,24,30)(H,25,31). The second-order valence-electron chi connectivity index (χ2n) is 9.09. The molecule has 1 aromatic heterocycles. The zero-order chi connectivity index (χ0) is 24.5. The van der Waals surface area contributed by atoms with E-state index in [0.717, 1.165) is 43.3 Å². The Kier molecular flexibility index (Phi) is 6.94. The third-order valence-corrected chi connectivity index (χ3v) is 8.14. The summed E-state index contributed by atoms with van der Waals surface area (Å²) in [6.45, 7) is 8.78. The molecule has 2 aliphatic rings. The van der Waals surface area contributed by atoms with Crippen molar-refractivity contribution in [3.63, 3.8) is 0 Å². The summed E-state index contributed by atoms with van der Waals surface area (Å²) in [5.74, 6) is 0.169. The minimum atomic E-state index is -2.97. The fraction of sp³-hybridized carbons (Fsp3) is 0.522. The molecule has 4 rings (SSSR count). The average Bonchev–Trinajstić information content (AvgIpc) is 3.27. The van der Waals surface area contributed by atoms with E-state index in [1.807, 2.05) is 18.5 Å². The number of hydrogen-bond donors (Lipinski definition) is 2. The van der Waals surface area contributed by atoms with Crippen LogP contribution >= 0.6 is 0 Å². The summed E-state index contributed by atoms with van der Waals surface area (Å²) in [5.41, 5.74) is 4.37.